The molecule has 0 N–H and O–H groups in total. The van der Waals surface area contributed by atoms with E-state index in [0.717, 1.165) is 16.5 Å². The fourth-order valence-corrected chi connectivity index (χ4v) is 1.95. The second kappa shape index (κ2) is 5.10. The number of aromatic nitrogens is 1. The summed E-state index contributed by atoms with van der Waals surface area (Å²) in [6.07, 6.45) is 2.21. The Morgan fingerprint density at radius 2 is 1.89 bits per heavy atom. The first-order valence-electron chi connectivity index (χ1n) is 6.46. The average molecular weight is 256 g/mol. The van der Waals surface area contributed by atoms with E-state index >= 15 is 0 Å². The molecule has 2 aromatic rings. The molecule has 2 rings (SSSR count). The molecule has 19 heavy (non-hydrogen) atoms. The summed E-state index contributed by atoms with van der Waals surface area (Å²) in [4.78, 5) is 18.7. The van der Waals surface area contributed by atoms with Gasteiger partial charge in [-0.3, -0.25) is 14.7 Å². The summed E-state index contributed by atoms with van der Waals surface area (Å²) < 4.78 is 0. The van der Waals surface area contributed by atoms with Crippen LogP contribution in [0.4, 0.5) is 0 Å². The van der Waals surface area contributed by atoms with Crippen molar-refractivity contribution in [3.05, 3.63) is 42.1 Å². The topological polar surface area (TPSA) is 33.2 Å². The third kappa shape index (κ3) is 2.66. The van der Waals surface area contributed by atoms with Gasteiger partial charge in [-0.05, 0) is 45.6 Å². The summed E-state index contributed by atoms with van der Waals surface area (Å²) in [5.41, 5.74) is 1.53. The van der Waals surface area contributed by atoms with Crippen LogP contribution < -0.4 is 0 Å². The van der Waals surface area contributed by atoms with Crippen LogP contribution >= 0.6 is 0 Å². The van der Waals surface area contributed by atoms with Gasteiger partial charge in [0.25, 0.3) is 0 Å². The highest BCUT2D eigenvalue weighted by molar-refractivity contribution is 5.93. The Kier molecular flexibility index (Phi) is 3.67. The molecule has 0 saturated heterocycles. The van der Waals surface area contributed by atoms with Crippen LogP contribution in [0.15, 0.2) is 36.5 Å². The van der Waals surface area contributed by atoms with Crippen LogP contribution in [-0.4, -0.2) is 35.3 Å². The molecular weight excluding hydrogens is 236 g/mol. The number of rotatable bonds is 4. The van der Waals surface area contributed by atoms with E-state index in [1.54, 1.807) is 6.20 Å². The standard InChI is InChI=1S/C16H20N2O/c1-16(2,18(3)4)15(19)11-12-9-10-17-14-8-6-5-7-13(12)14/h5-10H,11H2,1-4H3. The van der Waals surface area contributed by atoms with E-state index in [1.165, 1.54) is 0 Å². The molecule has 1 heterocycles. The van der Waals surface area contributed by atoms with Crippen LogP contribution in [0.1, 0.15) is 19.4 Å². The molecule has 0 unspecified atom stereocenters. The summed E-state index contributed by atoms with van der Waals surface area (Å²) in [5, 5.41) is 1.06. The van der Waals surface area contributed by atoms with Gasteiger partial charge in [-0.2, -0.15) is 0 Å². The van der Waals surface area contributed by atoms with Gasteiger partial charge < -0.3 is 0 Å². The van der Waals surface area contributed by atoms with Crippen molar-refractivity contribution in [2.24, 2.45) is 0 Å². The third-order valence-corrected chi connectivity index (χ3v) is 3.89. The minimum absolute atomic E-state index is 0.217. The molecule has 0 aliphatic carbocycles. The molecule has 1 aromatic carbocycles. The SMILES string of the molecule is CN(C)C(C)(C)C(=O)Cc1ccnc2ccccc12. The summed E-state index contributed by atoms with van der Waals surface area (Å²) in [5.74, 6) is 0.217. The first-order valence-corrected chi connectivity index (χ1v) is 6.46. The van der Waals surface area contributed by atoms with Gasteiger partial charge in [-0.25, -0.2) is 0 Å². The largest absolute Gasteiger partial charge is 0.298 e. The van der Waals surface area contributed by atoms with E-state index in [0.29, 0.717) is 6.42 Å². The van der Waals surface area contributed by atoms with Crippen LogP contribution in [0, 0.1) is 0 Å². The smallest absolute Gasteiger partial charge is 0.156 e. The summed E-state index contributed by atoms with van der Waals surface area (Å²) in [6.45, 7) is 3.91. The maximum atomic E-state index is 12.5. The Morgan fingerprint density at radius 1 is 1.21 bits per heavy atom. The molecule has 0 saturated carbocycles. The van der Waals surface area contributed by atoms with Crippen LogP contribution in [-0.2, 0) is 11.2 Å². The van der Waals surface area contributed by atoms with Crippen LogP contribution in [0.3, 0.4) is 0 Å². The lowest BCUT2D eigenvalue weighted by Crippen LogP contribution is -2.46. The first-order chi connectivity index (χ1) is 8.93. The van der Waals surface area contributed by atoms with Crippen molar-refractivity contribution in [3.8, 4) is 0 Å². The molecule has 0 aliphatic heterocycles. The number of pyridine rings is 1. The highest BCUT2D eigenvalue weighted by Gasteiger charge is 2.29. The van der Waals surface area contributed by atoms with E-state index in [1.807, 2.05) is 63.2 Å². The predicted octanol–water partition coefficient (Wildman–Crippen LogP) is 2.69. The Bertz CT molecular complexity index is 597. The second-order valence-electron chi connectivity index (χ2n) is 5.54. The molecule has 0 bridgehead atoms. The van der Waals surface area contributed by atoms with Crippen molar-refractivity contribution in [1.82, 2.24) is 9.88 Å². The highest BCUT2D eigenvalue weighted by Crippen LogP contribution is 2.20. The lowest BCUT2D eigenvalue weighted by Gasteiger charge is -2.31. The zero-order valence-corrected chi connectivity index (χ0v) is 12.0. The van der Waals surface area contributed by atoms with Gasteiger partial charge in [0.2, 0.25) is 0 Å². The number of benzene rings is 1. The van der Waals surface area contributed by atoms with Gasteiger partial charge in [0.05, 0.1) is 11.1 Å². The Balaban J connectivity index is 2.35. The number of hydrogen-bond donors (Lipinski definition) is 0. The fraction of sp³-hybridized carbons (Fsp3) is 0.375. The molecule has 0 atom stereocenters. The normalized spacial score (nSPS) is 12.1. The van der Waals surface area contributed by atoms with Crippen LogP contribution in [0.25, 0.3) is 10.9 Å². The number of fused-ring (bicyclic) bond motifs is 1. The molecule has 3 nitrogen and oxygen atoms in total. The highest BCUT2D eigenvalue weighted by atomic mass is 16.1. The molecule has 100 valence electrons. The number of carbonyl (C=O) groups excluding carboxylic acids is 1. The second-order valence-corrected chi connectivity index (χ2v) is 5.54. The summed E-state index contributed by atoms with van der Waals surface area (Å²) in [7, 11) is 3.87. The van der Waals surface area contributed by atoms with E-state index in [2.05, 4.69) is 4.98 Å². The molecule has 3 heteroatoms. The van der Waals surface area contributed by atoms with Crippen molar-refractivity contribution in [1.29, 1.82) is 0 Å². The van der Waals surface area contributed by atoms with Crippen molar-refractivity contribution in [2.75, 3.05) is 14.1 Å². The molecule has 0 amide bonds. The van der Waals surface area contributed by atoms with Gasteiger partial charge in [0.1, 0.15) is 0 Å². The van der Waals surface area contributed by atoms with Crippen molar-refractivity contribution >= 4 is 16.7 Å². The van der Waals surface area contributed by atoms with E-state index < -0.39 is 5.54 Å². The maximum absolute atomic E-state index is 12.5. The molecule has 0 aliphatic rings. The molecule has 0 radical (unpaired) electrons. The Hall–Kier alpha value is -1.74. The van der Waals surface area contributed by atoms with Crippen molar-refractivity contribution in [2.45, 2.75) is 25.8 Å². The van der Waals surface area contributed by atoms with E-state index in [9.17, 15) is 4.79 Å². The third-order valence-electron chi connectivity index (χ3n) is 3.89. The average Bonchev–Trinajstić information content (AvgIpc) is 2.39. The number of hydrogen-bond acceptors (Lipinski definition) is 3. The summed E-state index contributed by atoms with van der Waals surface area (Å²) >= 11 is 0. The number of Topliss-reactive ketones (excluding diaryl/α,β-unsaturated/α-hetero) is 1. The fourth-order valence-electron chi connectivity index (χ4n) is 1.95. The molecular formula is C16H20N2O. The minimum Gasteiger partial charge on any atom is -0.298 e. The van der Waals surface area contributed by atoms with Gasteiger partial charge in [0, 0.05) is 18.0 Å². The van der Waals surface area contributed by atoms with Gasteiger partial charge in [-0.1, -0.05) is 18.2 Å². The predicted molar refractivity (Wildman–Crippen MR) is 78.2 cm³/mol. The van der Waals surface area contributed by atoms with Crippen molar-refractivity contribution < 1.29 is 4.79 Å². The van der Waals surface area contributed by atoms with Gasteiger partial charge >= 0.3 is 0 Å². The Morgan fingerprint density at radius 3 is 2.58 bits per heavy atom. The zero-order chi connectivity index (χ0) is 14.0. The van der Waals surface area contributed by atoms with E-state index in [-0.39, 0.29) is 5.78 Å². The van der Waals surface area contributed by atoms with Gasteiger partial charge in [-0.15, -0.1) is 0 Å². The number of ketones is 1. The van der Waals surface area contributed by atoms with Crippen LogP contribution in [0.2, 0.25) is 0 Å². The maximum Gasteiger partial charge on any atom is 0.156 e. The number of nitrogens with zero attached hydrogens (tertiary/aromatic N) is 2. The lowest BCUT2D eigenvalue weighted by molar-refractivity contribution is -0.127. The Labute approximate surface area is 114 Å². The summed E-state index contributed by atoms with van der Waals surface area (Å²) in [6, 6.07) is 9.87. The van der Waals surface area contributed by atoms with Crippen LogP contribution in [0.5, 0.6) is 0 Å². The quantitative estimate of drug-likeness (QED) is 0.843. The monoisotopic (exact) mass is 256 g/mol. The molecule has 1 aromatic heterocycles. The molecule has 0 fully saturated rings. The number of likely N-dealkylation sites (N-methyl/N-ethyl adjacent to an activating group) is 1. The van der Waals surface area contributed by atoms with Crippen molar-refractivity contribution in [3.63, 3.8) is 0 Å². The van der Waals surface area contributed by atoms with Gasteiger partial charge in [0.15, 0.2) is 5.78 Å². The number of carbonyl (C=O) groups is 1. The zero-order valence-electron chi connectivity index (χ0n) is 12.0. The lowest BCUT2D eigenvalue weighted by atomic mass is 9.91. The number of para-hydroxylation sites is 1. The minimum atomic E-state index is -0.454. The van der Waals surface area contributed by atoms with E-state index in [4.69, 9.17) is 0 Å². The molecule has 0 spiro atoms. The first kappa shape index (κ1) is 13.7.